The van der Waals surface area contributed by atoms with E-state index in [2.05, 4.69) is 28.6 Å². The van der Waals surface area contributed by atoms with Crippen molar-refractivity contribution in [1.29, 1.82) is 0 Å². The molecule has 1 aromatic rings. The number of piperidine rings is 1. The monoisotopic (exact) mass is 347 g/mol. The van der Waals surface area contributed by atoms with Gasteiger partial charge in [-0.3, -0.25) is 0 Å². The van der Waals surface area contributed by atoms with Crippen molar-refractivity contribution in [2.24, 2.45) is 5.41 Å². The molecule has 140 valence electrons. The average molecular weight is 348 g/mol. The molecule has 0 unspecified atom stereocenters. The van der Waals surface area contributed by atoms with Crippen LogP contribution in [0.4, 0.5) is 11.8 Å². The van der Waals surface area contributed by atoms with Gasteiger partial charge in [-0.2, -0.15) is 4.98 Å². The summed E-state index contributed by atoms with van der Waals surface area (Å²) >= 11 is 0. The van der Waals surface area contributed by atoms with Crippen molar-refractivity contribution in [1.82, 2.24) is 14.9 Å². The van der Waals surface area contributed by atoms with Gasteiger partial charge < -0.3 is 19.4 Å². The van der Waals surface area contributed by atoms with Gasteiger partial charge in [0, 0.05) is 64.1 Å². The molecule has 0 aliphatic carbocycles. The summed E-state index contributed by atoms with van der Waals surface area (Å²) in [6.07, 6.45) is 3.88. The van der Waals surface area contributed by atoms with Crippen molar-refractivity contribution in [3.63, 3.8) is 0 Å². The van der Waals surface area contributed by atoms with E-state index in [4.69, 9.17) is 9.72 Å². The van der Waals surface area contributed by atoms with E-state index in [1.807, 2.05) is 19.0 Å². The second-order valence-electron chi connectivity index (χ2n) is 8.00. The standard InChI is InChI=1S/C19H33N5O/c1-15-16(2)20-18(22(3)4)21-17(15)24-10-8-19(14-24)7-6-9-23(13-19)11-12-25-5/h6-14H2,1-5H3/t19-/m1/s1. The molecule has 6 heteroatoms. The van der Waals surface area contributed by atoms with E-state index >= 15 is 0 Å². The highest BCUT2D eigenvalue weighted by Gasteiger charge is 2.42. The maximum atomic E-state index is 5.28. The summed E-state index contributed by atoms with van der Waals surface area (Å²) in [6, 6.07) is 0. The summed E-state index contributed by atoms with van der Waals surface area (Å²) in [7, 11) is 5.81. The Kier molecular flexibility index (Phi) is 5.49. The normalized spacial score (nSPS) is 24.3. The zero-order valence-electron chi connectivity index (χ0n) is 16.5. The van der Waals surface area contributed by atoms with E-state index in [0.717, 1.165) is 43.7 Å². The molecule has 1 spiro atoms. The number of aryl methyl sites for hydroxylation is 1. The molecule has 1 aromatic heterocycles. The molecule has 0 N–H and O–H groups in total. The Hall–Kier alpha value is -1.40. The number of hydrogen-bond donors (Lipinski definition) is 0. The lowest BCUT2D eigenvalue weighted by atomic mass is 9.79. The first-order chi connectivity index (χ1) is 11.9. The van der Waals surface area contributed by atoms with Crippen molar-refractivity contribution < 1.29 is 4.74 Å². The molecule has 1 atom stereocenters. The fourth-order valence-electron chi connectivity index (χ4n) is 4.28. The van der Waals surface area contributed by atoms with Gasteiger partial charge in [0.25, 0.3) is 0 Å². The predicted molar refractivity (Wildman–Crippen MR) is 103 cm³/mol. The first kappa shape index (κ1) is 18.4. The fourth-order valence-corrected chi connectivity index (χ4v) is 4.28. The molecule has 2 fully saturated rings. The highest BCUT2D eigenvalue weighted by molar-refractivity contribution is 5.53. The van der Waals surface area contributed by atoms with Crippen LogP contribution in [0.1, 0.15) is 30.5 Å². The maximum absolute atomic E-state index is 5.28. The number of rotatable bonds is 5. The van der Waals surface area contributed by atoms with E-state index < -0.39 is 0 Å². The summed E-state index contributed by atoms with van der Waals surface area (Å²) in [6.45, 7) is 10.7. The van der Waals surface area contributed by atoms with Gasteiger partial charge in [-0.15, -0.1) is 0 Å². The quantitative estimate of drug-likeness (QED) is 0.813. The molecule has 0 aromatic carbocycles. The minimum atomic E-state index is 0.412. The Bertz CT molecular complexity index is 606. The van der Waals surface area contributed by atoms with Gasteiger partial charge in [0.1, 0.15) is 5.82 Å². The van der Waals surface area contributed by atoms with Gasteiger partial charge in [-0.1, -0.05) is 0 Å². The molecule has 0 radical (unpaired) electrons. The van der Waals surface area contributed by atoms with Crippen LogP contribution in [0, 0.1) is 19.3 Å². The Balaban J connectivity index is 1.76. The highest BCUT2D eigenvalue weighted by atomic mass is 16.5. The number of nitrogens with zero attached hydrogens (tertiary/aromatic N) is 5. The van der Waals surface area contributed by atoms with Crippen molar-refractivity contribution in [2.45, 2.75) is 33.1 Å². The first-order valence-electron chi connectivity index (χ1n) is 9.43. The predicted octanol–water partition coefficient (Wildman–Crippen LogP) is 2.10. The van der Waals surface area contributed by atoms with Crippen LogP contribution in [0.25, 0.3) is 0 Å². The largest absolute Gasteiger partial charge is 0.383 e. The van der Waals surface area contributed by atoms with E-state index in [0.29, 0.717) is 5.41 Å². The van der Waals surface area contributed by atoms with E-state index in [9.17, 15) is 0 Å². The second-order valence-corrected chi connectivity index (χ2v) is 8.00. The van der Waals surface area contributed by atoms with Crippen molar-refractivity contribution in [3.8, 4) is 0 Å². The molecule has 6 nitrogen and oxygen atoms in total. The number of methoxy groups -OCH3 is 1. The topological polar surface area (TPSA) is 44.7 Å². The van der Waals surface area contributed by atoms with Crippen LogP contribution in [0.2, 0.25) is 0 Å². The fraction of sp³-hybridized carbons (Fsp3) is 0.789. The number of ether oxygens (including phenoxy) is 1. The Labute approximate surface area is 152 Å². The number of aromatic nitrogens is 2. The van der Waals surface area contributed by atoms with Gasteiger partial charge in [-0.25, -0.2) is 4.98 Å². The molecule has 3 heterocycles. The maximum Gasteiger partial charge on any atom is 0.227 e. The number of hydrogen-bond acceptors (Lipinski definition) is 6. The minimum Gasteiger partial charge on any atom is -0.383 e. The van der Waals surface area contributed by atoms with E-state index in [-0.39, 0.29) is 0 Å². The summed E-state index contributed by atoms with van der Waals surface area (Å²) in [5, 5.41) is 0. The van der Waals surface area contributed by atoms with Gasteiger partial charge in [-0.05, 0) is 39.7 Å². The molecule has 2 aliphatic heterocycles. The van der Waals surface area contributed by atoms with Gasteiger partial charge in [0.2, 0.25) is 5.95 Å². The third-order valence-electron chi connectivity index (χ3n) is 5.84. The van der Waals surface area contributed by atoms with Crippen LogP contribution in [0.3, 0.4) is 0 Å². The van der Waals surface area contributed by atoms with Crippen LogP contribution in [0.15, 0.2) is 0 Å². The van der Waals surface area contributed by atoms with Crippen molar-refractivity contribution in [2.75, 3.05) is 70.3 Å². The Morgan fingerprint density at radius 1 is 1.12 bits per heavy atom. The summed E-state index contributed by atoms with van der Waals surface area (Å²) in [5.74, 6) is 1.94. The van der Waals surface area contributed by atoms with Gasteiger partial charge in [0.15, 0.2) is 0 Å². The third-order valence-corrected chi connectivity index (χ3v) is 5.84. The molecule has 2 aliphatic rings. The SMILES string of the molecule is COCCN1CCC[C@@]2(CCN(c3nc(N(C)C)nc(C)c3C)C2)C1. The van der Waals surface area contributed by atoms with Crippen LogP contribution in [0.5, 0.6) is 0 Å². The van der Waals surface area contributed by atoms with Crippen molar-refractivity contribution in [3.05, 3.63) is 11.3 Å². The van der Waals surface area contributed by atoms with E-state index in [1.54, 1.807) is 7.11 Å². The molecule has 0 bridgehead atoms. The van der Waals surface area contributed by atoms with Gasteiger partial charge >= 0.3 is 0 Å². The number of likely N-dealkylation sites (tertiary alicyclic amines) is 1. The number of anilines is 2. The average Bonchev–Trinajstić information content (AvgIpc) is 2.98. The molecule has 3 rings (SSSR count). The summed E-state index contributed by atoms with van der Waals surface area (Å²) < 4.78 is 5.28. The Morgan fingerprint density at radius 2 is 1.92 bits per heavy atom. The lowest BCUT2D eigenvalue weighted by Crippen LogP contribution is -2.46. The zero-order chi connectivity index (χ0) is 18.0. The lowest BCUT2D eigenvalue weighted by molar-refractivity contribution is 0.0756. The highest BCUT2D eigenvalue weighted by Crippen LogP contribution is 2.41. The van der Waals surface area contributed by atoms with Crippen LogP contribution in [-0.2, 0) is 4.74 Å². The zero-order valence-corrected chi connectivity index (χ0v) is 16.5. The lowest BCUT2D eigenvalue weighted by Gasteiger charge is -2.40. The Morgan fingerprint density at radius 3 is 2.64 bits per heavy atom. The molecule has 25 heavy (non-hydrogen) atoms. The molecule has 0 amide bonds. The van der Waals surface area contributed by atoms with Crippen LogP contribution in [-0.4, -0.2) is 75.4 Å². The van der Waals surface area contributed by atoms with Gasteiger partial charge in [0.05, 0.1) is 6.61 Å². The third kappa shape index (κ3) is 3.90. The smallest absolute Gasteiger partial charge is 0.227 e. The summed E-state index contributed by atoms with van der Waals surface area (Å²) in [5.41, 5.74) is 2.71. The molecular formula is C19H33N5O. The second kappa shape index (κ2) is 7.46. The summed E-state index contributed by atoms with van der Waals surface area (Å²) in [4.78, 5) is 16.6. The minimum absolute atomic E-state index is 0.412. The molecule has 2 saturated heterocycles. The molecular weight excluding hydrogens is 314 g/mol. The van der Waals surface area contributed by atoms with E-state index in [1.165, 1.54) is 37.9 Å². The van der Waals surface area contributed by atoms with Crippen LogP contribution < -0.4 is 9.80 Å². The van der Waals surface area contributed by atoms with Crippen molar-refractivity contribution >= 4 is 11.8 Å². The molecule has 0 saturated carbocycles. The van der Waals surface area contributed by atoms with Crippen LogP contribution >= 0.6 is 0 Å². The first-order valence-corrected chi connectivity index (χ1v) is 9.43.